The lowest BCUT2D eigenvalue weighted by Gasteiger charge is -2.16. The van der Waals surface area contributed by atoms with Crippen LogP contribution in [0.2, 0.25) is 0 Å². The Morgan fingerprint density at radius 2 is 1.94 bits per heavy atom. The number of hydrogen-bond donors (Lipinski definition) is 1. The van der Waals surface area contributed by atoms with E-state index in [0.29, 0.717) is 28.4 Å². The zero-order valence-electron chi connectivity index (χ0n) is 17.2. The monoisotopic (exact) mass is 470 g/mol. The largest absolute Gasteiger partial charge is 0.485 e. The minimum absolute atomic E-state index is 0.0336. The standard InChI is InChI=1S/C22H22F4N2O3S/c1-2-3-10-30-13-17(12-23)31-16-8-9-18-19(11-16)32-20(28-18)14-4-6-15(7-5-14)27-21(29)22(24,25)26/h4-9,11,17H,2-3,10,12-13H2,1H3,(H,27,29). The van der Waals surface area contributed by atoms with Crippen LogP contribution >= 0.6 is 11.3 Å². The molecule has 1 unspecified atom stereocenters. The van der Waals surface area contributed by atoms with Crippen molar-refractivity contribution in [2.45, 2.75) is 32.0 Å². The highest BCUT2D eigenvalue weighted by Crippen LogP contribution is 2.33. The van der Waals surface area contributed by atoms with Gasteiger partial charge in [0.25, 0.3) is 0 Å². The molecule has 5 nitrogen and oxygen atoms in total. The number of rotatable bonds is 10. The predicted octanol–water partition coefficient (Wildman–Crippen LogP) is 6.00. The van der Waals surface area contributed by atoms with Gasteiger partial charge in [-0.15, -0.1) is 11.3 Å². The first-order valence-electron chi connectivity index (χ1n) is 9.99. The van der Waals surface area contributed by atoms with Gasteiger partial charge in [0.2, 0.25) is 0 Å². The number of aromatic nitrogens is 1. The maximum atomic E-state index is 13.3. The molecule has 32 heavy (non-hydrogen) atoms. The molecule has 0 aliphatic carbocycles. The topological polar surface area (TPSA) is 60.5 Å². The van der Waals surface area contributed by atoms with Crippen molar-refractivity contribution in [2.24, 2.45) is 0 Å². The number of fused-ring (bicyclic) bond motifs is 1. The summed E-state index contributed by atoms with van der Waals surface area (Å²) in [5.41, 5.74) is 1.43. The van der Waals surface area contributed by atoms with Crippen LogP contribution < -0.4 is 10.1 Å². The molecule has 10 heteroatoms. The average molecular weight is 470 g/mol. The fraction of sp³-hybridized carbons (Fsp3) is 0.364. The molecule has 1 heterocycles. The summed E-state index contributed by atoms with van der Waals surface area (Å²) in [6, 6.07) is 11.1. The molecular weight excluding hydrogens is 448 g/mol. The maximum absolute atomic E-state index is 13.3. The number of carbonyl (C=O) groups excluding carboxylic acids is 1. The quantitative estimate of drug-likeness (QED) is 0.292. The third kappa shape index (κ3) is 6.39. The normalized spacial score (nSPS) is 12.7. The van der Waals surface area contributed by atoms with Crippen LogP contribution in [0.15, 0.2) is 42.5 Å². The molecule has 0 radical (unpaired) electrons. The fourth-order valence-electron chi connectivity index (χ4n) is 2.76. The summed E-state index contributed by atoms with van der Waals surface area (Å²) in [7, 11) is 0. The predicted molar refractivity (Wildman–Crippen MR) is 116 cm³/mol. The molecule has 2 aromatic carbocycles. The van der Waals surface area contributed by atoms with E-state index in [1.54, 1.807) is 35.6 Å². The van der Waals surface area contributed by atoms with Gasteiger partial charge in [0.1, 0.15) is 17.4 Å². The van der Waals surface area contributed by atoms with E-state index >= 15 is 0 Å². The minimum atomic E-state index is -4.95. The average Bonchev–Trinajstić information content (AvgIpc) is 3.19. The van der Waals surface area contributed by atoms with E-state index in [2.05, 4.69) is 4.98 Å². The summed E-state index contributed by atoms with van der Waals surface area (Å²) in [5, 5.41) is 2.45. The number of amides is 1. The molecule has 1 N–H and O–H groups in total. The van der Waals surface area contributed by atoms with Crippen LogP contribution in [0.3, 0.4) is 0 Å². The van der Waals surface area contributed by atoms with Gasteiger partial charge in [-0.1, -0.05) is 13.3 Å². The number of thiazole rings is 1. The highest BCUT2D eigenvalue weighted by molar-refractivity contribution is 7.21. The summed E-state index contributed by atoms with van der Waals surface area (Å²) >= 11 is 1.36. The lowest BCUT2D eigenvalue weighted by molar-refractivity contribution is -0.167. The first-order chi connectivity index (χ1) is 15.3. The molecule has 0 aliphatic heterocycles. The van der Waals surface area contributed by atoms with Crippen LogP contribution in [0, 0.1) is 0 Å². The number of nitrogens with one attached hydrogen (secondary N) is 1. The molecule has 0 spiro atoms. The van der Waals surface area contributed by atoms with Gasteiger partial charge < -0.3 is 14.8 Å². The fourth-order valence-corrected chi connectivity index (χ4v) is 3.76. The summed E-state index contributed by atoms with van der Waals surface area (Å²) in [5.74, 6) is -1.53. The third-order valence-electron chi connectivity index (χ3n) is 4.43. The molecule has 0 saturated heterocycles. The van der Waals surface area contributed by atoms with Crippen LogP contribution in [0.1, 0.15) is 19.8 Å². The number of carbonyl (C=O) groups is 1. The number of benzene rings is 2. The van der Waals surface area contributed by atoms with Crippen molar-refractivity contribution < 1.29 is 31.8 Å². The van der Waals surface area contributed by atoms with Gasteiger partial charge >= 0.3 is 12.1 Å². The second kappa shape index (κ2) is 10.7. The van der Waals surface area contributed by atoms with E-state index in [1.165, 1.54) is 23.5 Å². The lowest BCUT2D eigenvalue weighted by atomic mass is 10.2. The lowest BCUT2D eigenvalue weighted by Crippen LogP contribution is -2.29. The van der Waals surface area contributed by atoms with Crippen LogP contribution in [0.25, 0.3) is 20.8 Å². The van der Waals surface area contributed by atoms with Crippen LogP contribution in [-0.4, -0.2) is 43.1 Å². The number of halogens is 4. The summed E-state index contributed by atoms with van der Waals surface area (Å²) < 4.78 is 62.3. The molecular formula is C22H22F4N2O3S. The molecule has 3 rings (SSSR count). The van der Waals surface area contributed by atoms with Crippen LogP contribution in [0.4, 0.5) is 23.2 Å². The molecule has 1 atom stereocenters. The zero-order valence-corrected chi connectivity index (χ0v) is 18.1. The molecule has 3 aromatic rings. The third-order valence-corrected chi connectivity index (χ3v) is 5.50. The Bertz CT molecular complexity index is 1040. The molecule has 1 aromatic heterocycles. The Hall–Kier alpha value is -2.72. The van der Waals surface area contributed by atoms with Gasteiger partial charge in [0, 0.05) is 17.9 Å². The van der Waals surface area contributed by atoms with E-state index < -0.39 is 24.9 Å². The van der Waals surface area contributed by atoms with Crippen LogP contribution in [0.5, 0.6) is 5.75 Å². The first kappa shape index (κ1) is 23.9. The number of alkyl halides is 4. The van der Waals surface area contributed by atoms with E-state index in [9.17, 15) is 22.4 Å². The molecule has 0 fully saturated rings. The van der Waals surface area contributed by atoms with Gasteiger partial charge in [0.05, 0.1) is 16.8 Å². The molecule has 1 amide bonds. The van der Waals surface area contributed by atoms with Crippen molar-refractivity contribution in [2.75, 3.05) is 25.2 Å². The molecule has 0 saturated carbocycles. The smallest absolute Gasteiger partial charge is 0.471 e. The van der Waals surface area contributed by atoms with E-state index in [0.717, 1.165) is 17.5 Å². The van der Waals surface area contributed by atoms with Crippen LogP contribution in [-0.2, 0) is 9.53 Å². The molecule has 0 bridgehead atoms. The van der Waals surface area contributed by atoms with E-state index in [-0.39, 0.29) is 12.3 Å². The maximum Gasteiger partial charge on any atom is 0.471 e. The molecule has 172 valence electrons. The van der Waals surface area contributed by atoms with E-state index in [4.69, 9.17) is 9.47 Å². The highest BCUT2D eigenvalue weighted by Gasteiger charge is 2.38. The number of anilines is 1. The highest BCUT2D eigenvalue weighted by atomic mass is 32.1. The zero-order chi connectivity index (χ0) is 23.1. The van der Waals surface area contributed by atoms with Gasteiger partial charge in [0.15, 0.2) is 6.10 Å². The molecule has 0 aliphatic rings. The second-order valence-corrected chi connectivity index (χ2v) is 8.03. The van der Waals surface area contributed by atoms with Crippen molar-refractivity contribution >= 4 is 33.1 Å². The van der Waals surface area contributed by atoms with Crippen molar-refractivity contribution in [3.05, 3.63) is 42.5 Å². The first-order valence-corrected chi connectivity index (χ1v) is 10.8. The van der Waals surface area contributed by atoms with E-state index in [1.807, 2.05) is 6.92 Å². The Balaban J connectivity index is 1.68. The van der Waals surface area contributed by atoms with Crippen molar-refractivity contribution in [1.29, 1.82) is 0 Å². The Morgan fingerprint density at radius 1 is 1.19 bits per heavy atom. The SMILES string of the molecule is CCCCOCC(CF)Oc1ccc2nc(-c3ccc(NC(=O)C(F)(F)F)cc3)sc2c1. The minimum Gasteiger partial charge on any atom is -0.485 e. The summed E-state index contributed by atoms with van der Waals surface area (Å²) in [4.78, 5) is 15.6. The second-order valence-electron chi connectivity index (χ2n) is 7.00. The summed E-state index contributed by atoms with van der Waals surface area (Å²) in [6.07, 6.45) is -3.74. The Kier molecular flexibility index (Phi) is 8.03. The van der Waals surface area contributed by atoms with Gasteiger partial charge in [-0.3, -0.25) is 4.79 Å². The van der Waals surface area contributed by atoms with Gasteiger partial charge in [-0.25, -0.2) is 9.37 Å². The van der Waals surface area contributed by atoms with Crippen molar-refractivity contribution in [1.82, 2.24) is 4.98 Å². The Labute approximate surface area is 186 Å². The van der Waals surface area contributed by atoms with Crippen molar-refractivity contribution in [3.8, 4) is 16.3 Å². The summed E-state index contributed by atoms with van der Waals surface area (Å²) in [6.45, 7) is 2.10. The Morgan fingerprint density at radius 3 is 2.59 bits per heavy atom. The number of hydrogen-bond acceptors (Lipinski definition) is 5. The van der Waals surface area contributed by atoms with Crippen molar-refractivity contribution in [3.63, 3.8) is 0 Å². The number of nitrogens with zero attached hydrogens (tertiary/aromatic N) is 1. The number of unbranched alkanes of at least 4 members (excludes halogenated alkanes) is 1. The van der Waals surface area contributed by atoms with Gasteiger partial charge in [-0.05, 0) is 48.9 Å². The number of ether oxygens (including phenoxy) is 2. The van der Waals surface area contributed by atoms with Gasteiger partial charge in [-0.2, -0.15) is 13.2 Å².